The number of ether oxygens (including phenoxy) is 1. The topological polar surface area (TPSA) is 109 Å². The van der Waals surface area contributed by atoms with E-state index in [1.165, 1.54) is 16.9 Å². The molecule has 1 saturated heterocycles. The number of carbonyl (C=O) groups excluding carboxylic acids is 1. The number of rotatable bonds is 6. The first kappa shape index (κ1) is 23.3. The van der Waals surface area contributed by atoms with Crippen LogP contribution in [0, 0.1) is 5.82 Å². The minimum Gasteiger partial charge on any atom is -0.342 e. The van der Waals surface area contributed by atoms with E-state index in [1.807, 2.05) is 42.5 Å². The van der Waals surface area contributed by atoms with Crippen LogP contribution in [0.5, 0.6) is 0 Å². The number of aromatic nitrogens is 5. The van der Waals surface area contributed by atoms with Gasteiger partial charge in [-0.1, -0.05) is 22.0 Å². The third-order valence-corrected chi connectivity index (χ3v) is 6.77. The summed E-state index contributed by atoms with van der Waals surface area (Å²) in [6.07, 6.45) is -0.214. The summed E-state index contributed by atoms with van der Waals surface area (Å²) in [7, 11) is 0. The van der Waals surface area contributed by atoms with Crippen molar-refractivity contribution in [3.8, 4) is 16.9 Å². The van der Waals surface area contributed by atoms with Gasteiger partial charge in [0.2, 0.25) is 0 Å². The van der Waals surface area contributed by atoms with Gasteiger partial charge in [0, 0.05) is 16.6 Å². The Morgan fingerprint density at radius 3 is 2.51 bits per heavy atom. The van der Waals surface area contributed by atoms with E-state index in [2.05, 4.69) is 31.0 Å². The zero-order valence-electron chi connectivity index (χ0n) is 19.3. The molecule has 1 aliphatic heterocycles. The van der Waals surface area contributed by atoms with Crippen LogP contribution in [0.25, 0.3) is 28.0 Å². The van der Waals surface area contributed by atoms with E-state index in [0.29, 0.717) is 35.4 Å². The van der Waals surface area contributed by atoms with E-state index >= 15 is 0 Å². The maximum Gasteiger partial charge on any atom is 0.323 e. The van der Waals surface area contributed by atoms with E-state index in [-0.39, 0.29) is 24.0 Å². The van der Waals surface area contributed by atoms with Crippen LogP contribution >= 0.6 is 15.9 Å². The highest BCUT2D eigenvalue weighted by atomic mass is 79.9. The van der Waals surface area contributed by atoms with Gasteiger partial charge in [0.05, 0.1) is 16.7 Å². The Labute approximate surface area is 218 Å². The molecule has 0 radical (unpaired) electrons. The molecule has 1 aliphatic rings. The number of H-pyrrole nitrogens is 2. The van der Waals surface area contributed by atoms with Gasteiger partial charge >= 0.3 is 5.69 Å². The summed E-state index contributed by atoms with van der Waals surface area (Å²) < 4.78 is 20.5. The van der Waals surface area contributed by atoms with Gasteiger partial charge in [0.25, 0.3) is 5.91 Å². The molecule has 2 aromatic heterocycles. The summed E-state index contributed by atoms with van der Waals surface area (Å²) in [6.45, 7) is 0.292. The second kappa shape index (κ2) is 9.41. The average molecular weight is 563 g/mol. The van der Waals surface area contributed by atoms with Crippen LogP contribution in [-0.2, 0) is 16.0 Å². The fourth-order valence-corrected chi connectivity index (χ4v) is 4.66. The Hall–Kier alpha value is -4.09. The summed E-state index contributed by atoms with van der Waals surface area (Å²) in [5.41, 5.74) is 4.47. The molecule has 0 saturated carbocycles. The normalized spacial score (nSPS) is 15.7. The van der Waals surface area contributed by atoms with Crippen LogP contribution in [0.4, 0.5) is 4.39 Å². The Bertz CT molecular complexity index is 1660. The Morgan fingerprint density at radius 1 is 0.973 bits per heavy atom. The lowest BCUT2D eigenvalue weighted by Crippen LogP contribution is -2.31. The van der Waals surface area contributed by atoms with Crippen LogP contribution in [0.3, 0.4) is 0 Å². The summed E-state index contributed by atoms with van der Waals surface area (Å²) in [5, 5.41) is 9.39. The maximum absolute atomic E-state index is 13.6. The highest BCUT2D eigenvalue weighted by Gasteiger charge is 2.37. The third-order valence-electron chi connectivity index (χ3n) is 6.24. The first-order chi connectivity index (χ1) is 17.9. The van der Waals surface area contributed by atoms with E-state index < -0.39 is 6.23 Å². The summed E-state index contributed by atoms with van der Waals surface area (Å²) in [6, 6.07) is 19.1. The number of hydrogen-bond donors (Lipinski definition) is 2. The molecule has 37 heavy (non-hydrogen) atoms. The molecule has 3 aromatic carbocycles. The standard InChI is InChI=1S/C26H20BrFN6O3/c27-17-4-8-19(9-5-17)34-31-23(16-2-6-18(28)7-3-16)24(32-34)25-33(22(35)14-37-25)12-11-15-1-10-20-21(13-15)30-26(36)29-20/h1-10,13,25H,11-12,14H2,(H2,29,30,36)/t25-/m1/s1. The third kappa shape index (κ3) is 4.58. The molecule has 1 fully saturated rings. The minimum absolute atomic E-state index is 0.0805. The van der Waals surface area contributed by atoms with Crippen molar-refractivity contribution in [2.45, 2.75) is 12.6 Å². The van der Waals surface area contributed by atoms with Crippen molar-refractivity contribution in [3.63, 3.8) is 0 Å². The smallest absolute Gasteiger partial charge is 0.323 e. The van der Waals surface area contributed by atoms with Crippen molar-refractivity contribution in [2.75, 3.05) is 13.2 Å². The highest BCUT2D eigenvalue weighted by molar-refractivity contribution is 9.10. The SMILES string of the molecule is O=C1CO[C@H](c2nn(-c3ccc(Br)cc3)nc2-c2ccc(F)cc2)N1CCc1ccc2[nH]c(=O)[nH]c2c1. The van der Waals surface area contributed by atoms with E-state index in [1.54, 1.807) is 17.0 Å². The fourth-order valence-electron chi connectivity index (χ4n) is 4.39. The zero-order chi connectivity index (χ0) is 25.5. The van der Waals surface area contributed by atoms with Gasteiger partial charge < -0.3 is 19.6 Å². The van der Waals surface area contributed by atoms with Crippen molar-refractivity contribution in [3.05, 3.63) is 98.8 Å². The van der Waals surface area contributed by atoms with E-state index in [0.717, 1.165) is 21.2 Å². The summed E-state index contributed by atoms with van der Waals surface area (Å²) >= 11 is 3.43. The van der Waals surface area contributed by atoms with E-state index in [9.17, 15) is 14.0 Å². The molecule has 0 spiro atoms. The van der Waals surface area contributed by atoms with E-state index in [4.69, 9.17) is 9.84 Å². The van der Waals surface area contributed by atoms with Gasteiger partial charge in [-0.15, -0.1) is 10.2 Å². The lowest BCUT2D eigenvalue weighted by molar-refractivity contribution is -0.128. The predicted molar refractivity (Wildman–Crippen MR) is 137 cm³/mol. The van der Waals surface area contributed by atoms with Crippen molar-refractivity contribution < 1.29 is 13.9 Å². The number of nitrogens with one attached hydrogen (secondary N) is 2. The second-order valence-corrected chi connectivity index (χ2v) is 9.58. The molecule has 186 valence electrons. The quantitative estimate of drug-likeness (QED) is 0.324. The molecule has 6 rings (SSSR count). The van der Waals surface area contributed by atoms with Gasteiger partial charge in [-0.05, 0) is 72.6 Å². The molecular formula is C26H20BrFN6O3. The minimum atomic E-state index is -0.757. The molecule has 11 heteroatoms. The fraction of sp³-hybridized carbons (Fsp3) is 0.154. The first-order valence-corrected chi connectivity index (χ1v) is 12.3. The van der Waals surface area contributed by atoms with Crippen molar-refractivity contribution in [2.24, 2.45) is 0 Å². The average Bonchev–Trinajstić information content (AvgIpc) is 3.59. The number of carbonyl (C=O) groups is 1. The maximum atomic E-state index is 13.6. The molecule has 3 heterocycles. The summed E-state index contributed by atoms with van der Waals surface area (Å²) in [4.78, 5) is 33.0. The van der Waals surface area contributed by atoms with Crippen LogP contribution in [0.15, 0.2) is 76.0 Å². The van der Waals surface area contributed by atoms with Gasteiger partial charge in [-0.3, -0.25) is 4.79 Å². The molecule has 2 N–H and O–H groups in total. The molecule has 0 aliphatic carbocycles. The largest absolute Gasteiger partial charge is 0.342 e. The lowest BCUT2D eigenvalue weighted by atomic mass is 10.1. The molecule has 9 nitrogen and oxygen atoms in total. The highest BCUT2D eigenvalue weighted by Crippen LogP contribution is 2.34. The molecule has 0 bridgehead atoms. The molecule has 5 aromatic rings. The van der Waals surface area contributed by atoms with Crippen molar-refractivity contribution in [1.29, 1.82) is 0 Å². The lowest BCUT2D eigenvalue weighted by Gasteiger charge is -2.22. The van der Waals surface area contributed by atoms with Crippen LogP contribution < -0.4 is 5.69 Å². The van der Waals surface area contributed by atoms with Gasteiger partial charge in [-0.2, -0.15) is 4.80 Å². The predicted octanol–water partition coefficient (Wildman–Crippen LogP) is 4.11. The Morgan fingerprint density at radius 2 is 1.73 bits per heavy atom. The van der Waals surface area contributed by atoms with Crippen LogP contribution in [0.1, 0.15) is 17.5 Å². The second-order valence-electron chi connectivity index (χ2n) is 8.67. The van der Waals surface area contributed by atoms with Crippen molar-refractivity contribution in [1.82, 2.24) is 29.9 Å². The van der Waals surface area contributed by atoms with Crippen LogP contribution in [0.2, 0.25) is 0 Å². The number of halogens is 2. The summed E-state index contributed by atoms with van der Waals surface area (Å²) in [5.74, 6) is -0.523. The number of nitrogens with zero attached hydrogens (tertiary/aromatic N) is 4. The van der Waals surface area contributed by atoms with Gasteiger partial charge in [0.1, 0.15) is 23.8 Å². The first-order valence-electron chi connectivity index (χ1n) is 11.6. The van der Waals surface area contributed by atoms with Crippen molar-refractivity contribution >= 4 is 32.9 Å². The number of imidazole rings is 1. The molecule has 1 amide bonds. The number of fused-ring (bicyclic) bond motifs is 1. The van der Waals surface area contributed by atoms with Gasteiger partial charge in [-0.25, -0.2) is 9.18 Å². The zero-order valence-corrected chi connectivity index (χ0v) is 20.9. The van der Waals surface area contributed by atoms with Gasteiger partial charge in [0.15, 0.2) is 6.23 Å². The monoisotopic (exact) mass is 562 g/mol. The Balaban J connectivity index is 1.34. The number of hydrogen-bond acceptors (Lipinski definition) is 5. The number of amides is 1. The molecular weight excluding hydrogens is 543 g/mol. The van der Waals surface area contributed by atoms with Crippen LogP contribution in [-0.4, -0.2) is 48.9 Å². The molecule has 1 atom stereocenters. The molecule has 0 unspecified atom stereocenters. The number of aromatic amines is 2. The number of benzene rings is 3. The Kier molecular flexibility index (Phi) is 5.93.